The Bertz CT molecular complexity index is 612. The van der Waals surface area contributed by atoms with Crippen LogP contribution in [0, 0.1) is 0 Å². The first-order valence-corrected chi connectivity index (χ1v) is 11.3. The van der Waals surface area contributed by atoms with Crippen LogP contribution in [0.1, 0.15) is 37.6 Å². The van der Waals surface area contributed by atoms with Gasteiger partial charge >= 0.3 is 0 Å². The SMILES string of the molecule is CCOc1cc(C(=O)N2CCCSCC2CN(C)C)cc(OCC)c1OCC. The molecular weight excluding hydrogens is 376 g/mol. The number of hydrogen-bond donors (Lipinski definition) is 0. The van der Waals surface area contributed by atoms with E-state index in [9.17, 15) is 4.79 Å². The van der Waals surface area contributed by atoms with E-state index >= 15 is 0 Å². The van der Waals surface area contributed by atoms with Crippen molar-refractivity contribution in [3.8, 4) is 17.2 Å². The molecule has 1 aliphatic rings. The van der Waals surface area contributed by atoms with Crippen LogP contribution in [-0.2, 0) is 0 Å². The second kappa shape index (κ2) is 11.4. The summed E-state index contributed by atoms with van der Waals surface area (Å²) in [6.07, 6.45) is 1.01. The van der Waals surface area contributed by atoms with Gasteiger partial charge in [-0.15, -0.1) is 0 Å². The molecule has 1 saturated heterocycles. The largest absolute Gasteiger partial charge is 0.490 e. The van der Waals surface area contributed by atoms with E-state index in [-0.39, 0.29) is 11.9 Å². The Balaban J connectivity index is 2.40. The van der Waals surface area contributed by atoms with E-state index in [1.54, 1.807) is 12.1 Å². The zero-order valence-corrected chi connectivity index (χ0v) is 18.6. The summed E-state index contributed by atoms with van der Waals surface area (Å²) >= 11 is 1.92. The van der Waals surface area contributed by atoms with Crippen molar-refractivity contribution in [3.05, 3.63) is 17.7 Å². The molecule has 1 aromatic carbocycles. The van der Waals surface area contributed by atoms with Crippen LogP contribution in [0.25, 0.3) is 0 Å². The van der Waals surface area contributed by atoms with Gasteiger partial charge in [-0.25, -0.2) is 0 Å². The molecule has 1 aromatic rings. The smallest absolute Gasteiger partial charge is 0.254 e. The molecule has 0 radical (unpaired) electrons. The number of carbonyl (C=O) groups excluding carboxylic acids is 1. The highest BCUT2D eigenvalue weighted by Crippen LogP contribution is 2.39. The van der Waals surface area contributed by atoms with Gasteiger partial charge in [0.25, 0.3) is 5.91 Å². The lowest BCUT2D eigenvalue weighted by Gasteiger charge is -2.32. The second-order valence-corrected chi connectivity index (χ2v) is 8.09. The van der Waals surface area contributed by atoms with Gasteiger partial charge in [-0.2, -0.15) is 11.8 Å². The van der Waals surface area contributed by atoms with E-state index in [2.05, 4.69) is 19.0 Å². The second-order valence-electron chi connectivity index (χ2n) is 6.94. The third-order valence-electron chi connectivity index (χ3n) is 4.43. The quantitative estimate of drug-likeness (QED) is 0.622. The summed E-state index contributed by atoms with van der Waals surface area (Å²) in [5.74, 6) is 3.76. The number of likely N-dealkylation sites (N-methyl/N-ethyl adjacent to an activating group) is 1. The molecule has 1 unspecified atom stereocenters. The number of thioether (sulfide) groups is 1. The average molecular weight is 411 g/mol. The highest BCUT2D eigenvalue weighted by atomic mass is 32.2. The van der Waals surface area contributed by atoms with Crippen molar-refractivity contribution >= 4 is 17.7 Å². The van der Waals surface area contributed by atoms with Gasteiger partial charge in [-0.1, -0.05) is 0 Å². The minimum Gasteiger partial charge on any atom is -0.490 e. The van der Waals surface area contributed by atoms with Gasteiger partial charge in [-0.3, -0.25) is 4.79 Å². The Morgan fingerprint density at radius 3 is 2.25 bits per heavy atom. The predicted molar refractivity (Wildman–Crippen MR) is 115 cm³/mol. The van der Waals surface area contributed by atoms with Crippen molar-refractivity contribution in [2.75, 3.05) is 58.5 Å². The van der Waals surface area contributed by atoms with Crippen molar-refractivity contribution < 1.29 is 19.0 Å². The molecule has 1 fully saturated rings. The molecule has 158 valence electrons. The summed E-state index contributed by atoms with van der Waals surface area (Å²) in [6, 6.07) is 3.78. The summed E-state index contributed by atoms with van der Waals surface area (Å²) < 4.78 is 17.3. The van der Waals surface area contributed by atoms with E-state index in [0.29, 0.717) is 42.6 Å². The summed E-state index contributed by atoms with van der Waals surface area (Å²) in [5.41, 5.74) is 0.589. The number of carbonyl (C=O) groups is 1. The van der Waals surface area contributed by atoms with Crippen molar-refractivity contribution in [2.45, 2.75) is 33.2 Å². The lowest BCUT2D eigenvalue weighted by atomic mass is 10.1. The van der Waals surface area contributed by atoms with Crippen molar-refractivity contribution in [2.24, 2.45) is 0 Å². The van der Waals surface area contributed by atoms with E-state index in [1.807, 2.05) is 37.4 Å². The monoisotopic (exact) mass is 410 g/mol. The number of rotatable bonds is 9. The van der Waals surface area contributed by atoms with Gasteiger partial charge in [-0.05, 0) is 59.2 Å². The van der Waals surface area contributed by atoms with Crippen LogP contribution in [0.4, 0.5) is 0 Å². The van der Waals surface area contributed by atoms with Crippen LogP contribution >= 0.6 is 11.8 Å². The summed E-state index contributed by atoms with van der Waals surface area (Å²) in [7, 11) is 4.10. The molecule has 1 atom stereocenters. The molecule has 28 heavy (non-hydrogen) atoms. The Morgan fingerprint density at radius 2 is 1.71 bits per heavy atom. The molecule has 6 nitrogen and oxygen atoms in total. The van der Waals surface area contributed by atoms with Crippen LogP contribution in [0.15, 0.2) is 12.1 Å². The van der Waals surface area contributed by atoms with Gasteiger partial charge in [0.2, 0.25) is 5.75 Å². The number of benzene rings is 1. The first kappa shape index (κ1) is 22.7. The highest BCUT2D eigenvalue weighted by Gasteiger charge is 2.28. The van der Waals surface area contributed by atoms with Gasteiger partial charge in [0, 0.05) is 24.4 Å². The van der Waals surface area contributed by atoms with Gasteiger partial charge in [0.15, 0.2) is 11.5 Å². The topological polar surface area (TPSA) is 51.2 Å². The first-order chi connectivity index (χ1) is 13.5. The fourth-order valence-electron chi connectivity index (χ4n) is 3.35. The van der Waals surface area contributed by atoms with Gasteiger partial charge < -0.3 is 24.0 Å². The minimum atomic E-state index is 0.0271. The Kier molecular flexibility index (Phi) is 9.25. The molecule has 0 saturated carbocycles. The number of hydrogen-bond acceptors (Lipinski definition) is 6. The molecule has 1 heterocycles. The maximum absolute atomic E-state index is 13.5. The third kappa shape index (κ3) is 5.95. The van der Waals surface area contributed by atoms with Crippen LogP contribution in [0.2, 0.25) is 0 Å². The highest BCUT2D eigenvalue weighted by molar-refractivity contribution is 7.99. The minimum absolute atomic E-state index is 0.0271. The predicted octanol–water partition coefficient (Wildman–Crippen LogP) is 3.39. The fraction of sp³-hybridized carbons (Fsp3) is 0.667. The fourth-order valence-corrected chi connectivity index (χ4v) is 4.40. The molecule has 1 aliphatic heterocycles. The van der Waals surface area contributed by atoms with E-state index in [4.69, 9.17) is 14.2 Å². The van der Waals surface area contributed by atoms with Crippen LogP contribution < -0.4 is 14.2 Å². The van der Waals surface area contributed by atoms with Crippen LogP contribution in [0.3, 0.4) is 0 Å². The number of ether oxygens (including phenoxy) is 3. The standard InChI is InChI=1S/C21H34N2O4S/c1-6-25-18-12-16(13-19(26-7-2)20(18)27-8-3)21(24)23-10-9-11-28-15-17(23)14-22(4)5/h12-13,17H,6-11,14-15H2,1-5H3. The molecule has 2 rings (SSSR count). The maximum atomic E-state index is 13.5. The lowest BCUT2D eigenvalue weighted by molar-refractivity contribution is 0.0674. The normalized spacial score (nSPS) is 17.4. The Labute approximate surface area is 173 Å². The van der Waals surface area contributed by atoms with E-state index < -0.39 is 0 Å². The van der Waals surface area contributed by atoms with Crippen molar-refractivity contribution in [1.82, 2.24) is 9.80 Å². The summed E-state index contributed by atoms with van der Waals surface area (Å²) in [5, 5.41) is 0. The molecule has 0 N–H and O–H groups in total. The van der Waals surface area contributed by atoms with Gasteiger partial charge in [0.05, 0.1) is 25.9 Å². The Morgan fingerprint density at radius 1 is 1.11 bits per heavy atom. The van der Waals surface area contributed by atoms with Crippen LogP contribution in [-0.4, -0.2) is 80.3 Å². The molecule has 1 amide bonds. The molecule has 0 bridgehead atoms. The van der Waals surface area contributed by atoms with Crippen molar-refractivity contribution in [1.29, 1.82) is 0 Å². The zero-order chi connectivity index (χ0) is 20.5. The van der Waals surface area contributed by atoms with E-state index in [0.717, 1.165) is 31.0 Å². The first-order valence-electron chi connectivity index (χ1n) is 10.1. The van der Waals surface area contributed by atoms with Crippen LogP contribution in [0.5, 0.6) is 17.2 Å². The zero-order valence-electron chi connectivity index (χ0n) is 17.8. The van der Waals surface area contributed by atoms with Crippen molar-refractivity contribution in [3.63, 3.8) is 0 Å². The average Bonchev–Trinajstić information content (AvgIpc) is 2.88. The molecule has 0 aromatic heterocycles. The summed E-state index contributed by atoms with van der Waals surface area (Å²) in [6.45, 7) is 8.87. The molecule has 0 aliphatic carbocycles. The van der Waals surface area contributed by atoms with Gasteiger partial charge in [0.1, 0.15) is 0 Å². The van der Waals surface area contributed by atoms with E-state index in [1.165, 1.54) is 0 Å². The summed E-state index contributed by atoms with van der Waals surface area (Å²) in [4.78, 5) is 17.6. The number of nitrogens with zero attached hydrogens (tertiary/aromatic N) is 2. The molecular formula is C21H34N2O4S. The molecule has 0 spiro atoms. The Hall–Kier alpha value is -1.60. The third-order valence-corrected chi connectivity index (χ3v) is 5.63. The lowest BCUT2D eigenvalue weighted by Crippen LogP contribution is -2.46. The molecule has 7 heteroatoms. The number of amides is 1. The maximum Gasteiger partial charge on any atom is 0.254 e.